The molecule has 3 aromatic rings. The van der Waals surface area contributed by atoms with E-state index in [1.54, 1.807) is 18.1 Å². The monoisotopic (exact) mass is 463 g/mol. The predicted octanol–water partition coefficient (Wildman–Crippen LogP) is 2.15. The number of nitrogens with zero attached hydrogens (tertiary/aromatic N) is 6. The molecule has 1 saturated heterocycles. The smallest absolute Gasteiger partial charge is 0.276 e. The zero-order chi connectivity index (χ0) is 23.7. The molecule has 4 unspecified atom stereocenters. The van der Waals surface area contributed by atoms with Crippen LogP contribution >= 0.6 is 0 Å². The van der Waals surface area contributed by atoms with Crippen molar-refractivity contribution < 1.29 is 9.53 Å². The molecule has 3 fully saturated rings. The van der Waals surface area contributed by atoms with Crippen LogP contribution in [0.1, 0.15) is 19.4 Å². The van der Waals surface area contributed by atoms with Crippen molar-refractivity contribution in [3.63, 3.8) is 0 Å². The summed E-state index contributed by atoms with van der Waals surface area (Å²) in [7, 11) is 3.42. The number of methoxy groups -OCH3 is 1. The number of likely N-dealkylation sites (tertiary alicyclic amines) is 1. The quantitative estimate of drug-likeness (QED) is 0.539. The molecule has 178 valence electrons. The van der Waals surface area contributed by atoms with Crippen molar-refractivity contribution in [2.24, 2.45) is 30.7 Å². The Labute approximate surface area is 196 Å². The number of anilines is 2. The van der Waals surface area contributed by atoms with Crippen molar-refractivity contribution in [2.75, 3.05) is 25.5 Å². The zero-order valence-corrected chi connectivity index (χ0v) is 19.6. The molecule has 34 heavy (non-hydrogen) atoms. The number of fused-ring (bicyclic) bond motifs is 2. The van der Waals surface area contributed by atoms with Gasteiger partial charge in [-0.3, -0.25) is 14.3 Å². The molecule has 2 aliphatic carbocycles. The van der Waals surface area contributed by atoms with E-state index < -0.39 is 0 Å². The minimum Gasteiger partial charge on any atom is -0.478 e. The van der Waals surface area contributed by atoms with Crippen molar-refractivity contribution >= 4 is 28.3 Å². The van der Waals surface area contributed by atoms with E-state index >= 15 is 0 Å². The Bertz CT molecular complexity index is 1360. The minimum atomic E-state index is -0.0145. The van der Waals surface area contributed by atoms with E-state index in [2.05, 4.69) is 28.9 Å². The summed E-state index contributed by atoms with van der Waals surface area (Å²) in [5.41, 5.74) is 2.75. The van der Waals surface area contributed by atoms with Crippen LogP contribution in [-0.4, -0.2) is 54.9 Å². The number of amides is 1. The summed E-state index contributed by atoms with van der Waals surface area (Å²) in [5.74, 6) is 2.28. The van der Waals surface area contributed by atoms with Gasteiger partial charge in [-0.05, 0) is 36.2 Å². The second-order valence-electron chi connectivity index (χ2n) is 9.92. The molecule has 0 bridgehead atoms. The lowest BCUT2D eigenvalue weighted by molar-refractivity contribution is -0.125. The molecule has 4 heterocycles. The fraction of sp³-hybridized carbons (Fsp3) is 0.500. The van der Waals surface area contributed by atoms with E-state index in [-0.39, 0.29) is 11.5 Å². The normalized spacial score (nSPS) is 27.0. The van der Waals surface area contributed by atoms with Crippen LogP contribution in [0, 0.1) is 23.7 Å². The SMILES string of the molecule is C=CC(=O)N1CC2C(C1)C2Cn1cc(Nc2cn(C)nc2OC)c2ncn(C3CC3C)c2c1=O. The van der Waals surface area contributed by atoms with Gasteiger partial charge in [-0.1, -0.05) is 13.5 Å². The van der Waals surface area contributed by atoms with Gasteiger partial charge in [0.05, 0.1) is 25.3 Å². The maximum Gasteiger partial charge on any atom is 0.276 e. The Morgan fingerprint density at radius 2 is 2.03 bits per heavy atom. The highest BCUT2D eigenvalue weighted by molar-refractivity contribution is 5.90. The number of pyridine rings is 1. The van der Waals surface area contributed by atoms with E-state index in [1.165, 1.54) is 6.08 Å². The first-order chi connectivity index (χ1) is 16.4. The van der Waals surface area contributed by atoms with Gasteiger partial charge < -0.3 is 24.1 Å². The fourth-order valence-corrected chi connectivity index (χ4v) is 5.66. The fourth-order valence-electron chi connectivity index (χ4n) is 5.66. The Morgan fingerprint density at radius 3 is 2.68 bits per heavy atom. The second kappa shape index (κ2) is 7.48. The largest absolute Gasteiger partial charge is 0.478 e. The molecular formula is C24H29N7O3. The molecule has 0 aromatic carbocycles. The van der Waals surface area contributed by atoms with Crippen molar-refractivity contribution in [3.8, 4) is 5.88 Å². The van der Waals surface area contributed by atoms with Crippen LogP contribution < -0.4 is 15.6 Å². The summed E-state index contributed by atoms with van der Waals surface area (Å²) >= 11 is 0. The average molecular weight is 464 g/mol. The number of carbonyl (C=O) groups excluding carboxylic acids is 1. The van der Waals surface area contributed by atoms with Crippen LogP contribution in [0.15, 0.2) is 36.2 Å². The Balaban J connectivity index is 1.35. The number of imidazole rings is 1. The lowest BCUT2D eigenvalue weighted by atomic mass is 10.2. The predicted molar refractivity (Wildman–Crippen MR) is 127 cm³/mol. The molecular weight excluding hydrogens is 434 g/mol. The van der Waals surface area contributed by atoms with Gasteiger partial charge in [-0.15, -0.1) is 5.10 Å². The first kappa shape index (κ1) is 21.0. The highest BCUT2D eigenvalue weighted by Crippen LogP contribution is 2.52. The number of nitrogens with one attached hydrogen (secondary N) is 1. The van der Waals surface area contributed by atoms with Crippen LogP contribution in [0.3, 0.4) is 0 Å². The molecule has 0 spiro atoms. The number of ether oxygens (including phenoxy) is 1. The molecule has 3 aliphatic rings. The van der Waals surface area contributed by atoms with Gasteiger partial charge >= 0.3 is 0 Å². The maximum atomic E-state index is 13.6. The van der Waals surface area contributed by atoms with Crippen molar-refractivity contribution in [1.29, 1.82) is 0 Å². The third-order valence-electron chi connectivity index (χ3n) is 7.74. The van der Waals surface area contributed by atoms with Gasteiger partial charge in [0.2, 0.25) is 5.91 Å². The van der Waals surface area contributed by atoms with Crippen LogP contribution in [0.5, 0.6) is 5.88 Å². The molecule has 1 aliphatic heterocycles. The van der Waals surface area contributed by atoms with E-state index in [1.807, 2.05) is 33.5 Å². The Kier molecular flexibility index (Phi) is 4.62. The summed E-state index contributed by atoms with van der Waals surface area (Å²) in [6.07, 6.45) is 7.94. The average Bonchev–Trinajstić information content (AvgIpc) is 3.43. The first-order valence-electron chi connectivity index (χ1n) is 11.8. The van der Waals surface area contributed by atoms with E-state index in [9.17, 15) is 9.59 Å². The van der Waals surface area contributed by atoms with E-state index in [0.717, 1.165) is 25.2 Å². The van der Waals surface area contributed by atoms with Gasteiger partial charge in [0, 0.05) is 38.9 Å². The van der Waals surface area contributed by atoms with Crippen molar-refractivity contribution in [1.82, 2.24) is 28.8 Å². The van der Waals surface area contributed by atoms with Crippen LogP contribution in [0.2, 0.25) is 0 Å². The van der Waals surface area contributed by atoms with E-state index in [0.29, 0.717) is 58.9 Å². The third-order valence-corrected chi connectivity index (χ3v) is 7.74. The zero-order valence-electron chi connectivity index (χ0n) is 19.6. The van der Waals surface area contributed by atoms with Crippen LogP contribution in [0.25, 0.3) is 11.0 Å². The number of rotatable bonds is 7. The standard InChI is InChI=1S/C24H29N7O3/c1-5-20(32)29-7-14-15(8-29)16(14)9-30-11-17(26-18-10-28(3)27-23(18)34-4)21-22(24(30)33)31(12-25-21)19-6-13(19)2/h5,10-16,19,26H,1,6-9H2,2-4H3. The molecule has 6 rings (SSSR count). The van der Waals surface area contributed by atoms with Gasteiger partial charge in [-0.25, -0.2) is 4.98 Å². The minimum absolute atomic E-state index is 0.0103. The molecule has 3 aromatic heterocycles. The number of hydrogen-bond acceptors (Lipinski definition) is 6. The third kappa shape index (κ3) is 3.23. The summed E-state index contributed by atoms with van der Waals surface area (Å²) in [5, 5.41) is 7.73. The van der Waals surface area contributed by atoms with Gasteiger partial charge in [0.25, 0.3) is 11.4 Å². The molecule has 1 amide bonds. The number of aromatic nitrogens is 5. The summed E-state index contributed by atoms with van der Waals surface area (Å²) in [6, 6.07) is 0.313. The first-order valence-corrected chi connectivity index (χ1v) is 11.8. The molecule has 1 N–H and O–H groups in total. The Morgan fingerprint density at radius 1 is 1.29 bits per heavy atom. The molecule has 10 nitrogen and oxygen atoms in total. The lowest BCUT2D eigenvalue weighted by Gasteiger charge is -2.19. The topological polar surface area (TPSA) is 99.2 Å². The van der Waals surface area contributed by atoms with Gasteiger partial charge in [-0.2, -0.15) is 0 Å². The summed E-state index contributed by atoms with van der Waals surface area (Å²) in [4.78, 5) is 32.1. The Hall–Kier alpha value is -3.56. The second-order valence-corrected chi connectivity index (χ2v) is 9.92. The molecule has 4 atom stereocenters. The number of aryl methyl sites for hydroxylation is 1. The lowest BCUT2D eigenvalue weighted by Crippen LogP contribution is -2.31. The molecule has 0 radical (unpaired) electrons. The van der Waals surface area contributed by atoms with Crippen molar-refractivity contribution in [2.45, 2.75) is 25.9 Å². The van der Waals surface area contributed by atoms with Gasteiger partial charge in [0.15, 0.2) is 0 Å². The highest BCUT2D eigenvalue weighted by atomic mass is 16.5. The molecule has 2 saturated carbocycles. The number of carbonyl (C=O) groups is 1. The van der Waals surface area contributed by atoms with Crippen LogP contribution in [-0.2, 0) is 18.4 Å². The number of piperidine rings is 1. The molecule has 10 heteroatoms. The summed E-state index contributed by atoms with van der Waals surface area (Å²) < 4.78 is 11.0. The maximum absolute atomic E-state index is 13.6. The van der Waals surface area contributed by atoms with E-state index in [4.69, 9.17) is 4.74 Å². The van der Waals surface area contributed by atoms with Gasteiger partial charge in [0.1, 0.15) is 16.7 Å². The van der Waals surface area contributed by atoms with Crippen molar-refractivity contribution in [3.05, 3.63) is 41.7 Å². The van der Waals surface area contributed by atoms with Crippen LogP contribution in [0.4, 0.5) is 11.4 Å². The highest BCUT2D eigenvalue weighted by Gasteiger charge is 2.56. The summed E-state index contributed by atoms with van der Waals surface area (Å²) in [6.45, 7) is 7.90. The number of hydrogen-bond donors (Lipinski definition) is 1.